The number of aryl methyl sites for hydroxylation is 1. The quantitative estimate of drug-likeness (QED) is 0.739. The zero-order chi connectivity index (χ0) is 17.0. The second-order valence-electron chi connectivity index (χ2n) is 5.44. The van der Waals surface area contributed by atoms with Crippen molar-refractivity contribution in [2.45, 2.75) is 13.0 Å². The van der Waals surface area contributed by atoms with E-state index in [1.807, 2.05) is 54.6 Å². The fourth-order valence-corrected chi connectivity index (χ4v) is 3.46. The third-order valence-electron chi connectivity index (χ3n) is 3.62. The summed E-state index contributed by atoms with van der Waals surface area (Å²) in [7, 11) is -3.68. The van der Waals surface area contributed by atoms with Gasteiger partial charge in [-0.25, -0.2) is 8.42 Å². The number of hydrogen-bond acceptors (Lipinski definition) is 4. The van der Waals surface area contributed by atoms with Crippen LogP contribution >= 0.6 is 0 Å². The highest BCUT2D eigenvalue weighted by Crippen LogP contribution is 2.12. The van der Waals surface area contributed by atoms with E-state index in [4.69, 9.17) is 0 Å². The lowest BCUT2D eigenvalue weighted by Gasteiger charge is -2.08. The largest absolute Gasteiger partial charge is 0.272 e. The minimum Gasteiger partial charge on any atom is -0.272 e. The van der Waals surface area contributed by atoms with Crippen LogP contribution in [0.3, 0.4) is 0 Å². The van der Waals surface area contributed by atoms with Gasteiger partial charge in [0.1, 0.15) is 6.54 Å². The van der Waals surface area contributed by atoms with Gasteiger partial charge in [0.25, 0.3) is 5.91 Å². The number of benzene rings is 2. The maximum absolute atomic E-state index is 12.0. The number of hydrogen-bond donors (Lipinski definition) is 1. The molecule has 7 heteroatoms. The molecule has 0 radical (unpaired) electrons. The first kappa shape index (κ1) is 16.2. The van der Waals surface area contributed by atoms with Crippen molar-refractivity contribution in [1.82, 2.24) is 14.5 Å². The van der Waals surface area contributed by atoms with Crippen molar-refractivity contribution in [2.75, 3.05) is 5.75 Å². The van der Waals surface area contributed by atoms with Crippen LogP contribution in [0, 0.1) is 0 Å². The smallest absolute Gasteiger partial charge is 0.255 e. The van der Waals surface area contributed by atoms with Crippen LogP contribution in [0.25, 0.3) is 10.9 Å². The Morgan fingerprint density at radius 3 is 2.54 bits per heavy atom. The van der Waals surface area contributed by atoms with Crippen LogP contribution in [0.4, 0.5) is 0 Å². The maximum Gasteiger partial charge on any atom is 0.255 e. The fourth-order valence-electron chi connectivity index (χ4n) is 2.44. The second kappa shape index (κ2) is 6.84. The van der Waals surface area contributed by atoms with E-state index < -0.39 is 15.9 Å². The lowest BCUT2D eigenvalue weighted by atomic mass is 10.2. The van der Waals surface area contributed by atoms with Crippen molar-refractivity contribution >= 4 is 26.8 Å². The van der Waals surface area contributed by atoms with Crippen LogP contribution in [0.15, 0.2) is 60.8 Å². The molecule has 0 bridgehead atoms. The molecule has 24 heavy (non-hydrogen) atoms. The zero-order valence-electron chi connectivity index (χ0n) is 12.9. The number of amides is 1. The average Bonchev–Trinajstić information content (AvgIpc) is 2.97. The summed E-state index contributed by atoms with van der Waals surface area (Å²) in [6, 6.07) is 16.7. The Bertz CT molecular complexity index is 949. The van der Waals surface area contributed by atoms with Crippen LogP contribution in [0.5, 0.6) is 0 Å². The molecule has 0 saturated heterocycles. The predicted molar refractivity (Wildman–Crippen MR) is 91.8 cm³/mol. The van der Waals surface area contributed by atoms with Gasteiger partial charge in [-0.3, -0.25) is 14.2 Å². The van der Waals surface area contributed by atoms with Gasteiger partial charge >= 0.3 is 0 Å². The second-order valence-corrected chi connectivity index (χ2v) is 7.28. The molecule has 2 aromatic carbocycles. The molecule has 0 spiro atoms. The summed E-state index contributed by atoms with van der Waals surface area (Å²) in [5.41, 5.74) is 1.70. The molecule has 0 saturated carbocycles. The maximum atomic E-state index is 12.0. The monoisotopic (exact) mass is 343 g/mol. The van der Waals surface area contributed by atoms with Crippen molar-refractivity contribution in [3.05, 3.63) is 66.4 Å². The minimum atomic E-state index is -3.68. The normalized spacial score (nSPS) is 11.5. The van der Waals surface area contributed by atoms with Gasteiger partial charge in [-0.05, 0) is 18.1 Å². The van der Waals surface area contributed by atoms with E-state index in [-0.39, 0.29) is 12.3 Å². The highest BCUT2D eigenvalue weighted by molar-refractivity contribution is 7.90. The molecule has 3 aromatic rings. The van der Waals surface area contributed by atoms with Gasteiger partial charge in [0.2, 0.25) is 10.0 Å². The number of aromatic nitrogens is 2. The zero-order valence-corrected chi connectivity index (χ0v) is 13.7. The van der Waals surface area contributed by atoms with Crippen LogP contribution in [0.1, 0.15) is 5.56 Å². The highest BCUT2D eigenvalue weighted by Gasteiger charge is 2.16. The summed E-state index contributed by atoms with van der Waals surface area (Å²) in [5.74, 6) is -0.736. The Balaban J connectivity index is 1.61. The first-order chi connectivity index (χ1) is 11.5. The first-order valence-corrected chi connectivity index (χ1v) is 9.16. The number of sulfonamides is 1. The third-order valence-corrected chi connectivity index (χ3v) is 4.90. The molecule has 1 amide bonds. The number of rotatable bonds is 6. The van der Waals surface area contributed by atoms with E-state index in [1.165, 1.54) is 4.68 Å². The van der Waals surface area contributed by atoms with Crippen molar-refractivity contribution in [3.8, 4) is 0 Å². The lowest BCUT2D eigenvalue weighted by Crippen LogP contribution is -2.35. The van der Waals surface area contributed by atoms with Gasteiger partial charge < -0.3 is 0 Å². The average molecular weight is 343 g/mol. The predicted octanol–water partition coefficient (Wildman–Crippen LogP) is 1.72. The van der Waals surface area contributed by atoms with Gasteiger partial charge in [0, 0.05) is 5.39 Å². The molecule has 0 unspecified atom stereocenters. The van der Waals surface area contributed by atoms with Crippen molar-refractivity contribution < 1.29 is 13.2 Å². The Labute approximate surface area is 140 Å². The Hall–Kier alpha value is -2.67. The lowest BCUT2D eigenvalue weighted by molar-refractivity contribution is -0.120. The molecule has 124 valence electrons. The van der Waals surface area contributed by atoms with Crippen molar-refractivity contribution in [3.63, 3.8) is 0 Å². The molecule has 1 N–H and O–H groups in total. The highest BCUT2D eigenvalue weighted by atomic mass is 32.2. The summed E-state index contributed by atoms with van der Waals surface area (Å²) < 4.78 is 27.7. The van der Waals surface area contributed by atoms with Crippen molar-refractivity contribution in [1.29, 1.82) is 0 Å². The number of nitrogens with one attached hydrogen (secondary N) is 1. The topological polar surface area (TPSA) is 81.1 Å². The van der Waals surface area contributed by atoms with E-state index >= 15 is 0 Å². The van der Waals surface area contributed by atoms with Crippen LogP contribution in [0.2, 0.25) is 0 Å². The number of carbonyl (C=O) groups is 1. The van der Waals surface area contributed by atoms with Crippen molar-refractivity contribution in [2.24, 2.45) is 0 Å². The SMILES string of the molecule is O=C(Cn1ncc2ccccc21)NS(=O)(=O)CCc1ccccc1. The standard InChI is InChI=1S/C17H17N3O3S/c21-17(13-20-16-9-5-4-8-15(16)12-18-20)19-24(22,23)11-10-14-6-2-1-3-7-14/h1-9,12H,10-11,13H2,(H,19,21). The summed E-state index contributed by atoms with van der Waals surface area (Å²) in [5, 5.41) is 5.02. The molecule has 0 aliphatic rings. The van der Waals surface area contributed by atoms with Gasteiger partial charge in [0.05, 0.1) is 17.5 Å². The number of para-hydroxylation sites is 1. The fraction of sp³-hybridized carbons (Fsp3) is 0.176. The molecule has 0 aliphatic carbocycles. The molecule has 0 atom stereocenters. The van der Waals surface area contributed by atoms with E-state index in [1.54, 1.807) is 6.20 Å². The van der Waals surface area contributed by atoms with E-state index in [0.29, 0.717) is 6.42 Å². The van der Waals surface area contributed by atoms with Gasteiger partial charge in [-0.2, -0.15) is 5.10 Å². The summed E-state index contributed by atoms with van der Waals surface area (Å²) in [6.07, 6.45) is 2.00. The Morgan fingerprint density at radius 2 is 1.75 bits per heavy atom. The molecular formula is C17H17N3O3S. The summed E-state index contributed by atoms with van der Waals surface area (Å²) in [6.45, 7) is -0.141. The number of carbonyl (C=O) groups excluding carboxylic acids is 1. The third kappa shape index (κ3) is 3.99. The van der Waals surface area contributed by atoms with E-state index in [2.05, 4.69) is 9.82 Å². The van der Waals surface area contributed by atoms with Gasteiger partial charge in [-0.1, -0.05) is 48.5 Å². The molecule has 0 fully saturated rings. The molecule has 3 rings (SSSR count). The van der Waals surface area contributed by atoms with Crippen LogP contribution < -0.4 is 4.72 Å². The Kier molecular flexibility index (Phi) is 4.61. The van der Waals surface area contributed by atoms with Gasteiger partial charge in [0.15, 0.2) is 0 Å². The molecule has 1 aromatic heterocycles. The molecule has 0 aliphatic heterocycles. The number of nitrogens with zero attached hydrogens (tertiary/aromatic N) is 2. The van der Waals surface area contributed by atoms with Crippen LogP contribution in [-0.4, -0.2) is 29.9 Å². The van der Waals surface area contributed by atoms with E-state index in [0.717, 1.165) is 16.5 Å². The first-order valence-electron chi connectivity index (χ1n) is 7.51. The van der Waals surface area contributed by atoms with E-state index in [9.17, 15) is 13.2 Å². The molecular weight excluding hydrogens is 326 g/mol. The van der Waals surface area contributed by atoms with Gasteiger partial charge in [-0.15, -0.1) is 0 Å². The number of fused-ring (bicyclic) bond motifs is 1. The molecule has 1 heterocycles. The minimum absolute atomic E-state index is 0.136. The summed E-state index contributed by atoms with van der Waals surface area (Å²) in [4.78, 5) is 12.0. The van der Waals surface area contributed by atoms with Crippen LogP contribution in [-0.2, 0) is 27.8 Å². The molecule has 6 nitrogen and oxygen atoms in total. The summed E-state index contributed by atoms with van der Waals surface area (Å²) >= 11 is 0. The Morgan fingerprint density at radius 1 is 1.04 bits per heavy atom.